The molecule has 0 radical (unpaired) electrons. The molecule has 0 heterocycles. The Hall–Kier alpha value is -1.94. The van der Waals surface area contributed by atoms with Gasteiger partial charge in [-0.25, -0.2) is 4.39 Å². The number of hydrogen-bond acceptors (Lipinski definition) is 1. The second-order valence-corrected chi connectivity index (χ2v) is 5.59. The van der Waals surface area contributed by atoms with Crippen molar-refractivity contribution in [2.45, 2.75) is 27.3 Å². The lowest BCUT2D eigenvalue weighted by Crippen LogP contribution is -2.28. The zero-order valence-electron chi connectivity index (χ0n) is 12.5. The van der Waals surface area contributed by atoms with Gasteiger partial charge in [-0.3, -0.25) is 0 Å². The predicted molar refractivity (Wildman–Crippen MR) is 90.1 cm³/mol. The smallest absolute Gasteiger partial charge is 0.171 e. The van der Waals surface area contributed by atoms with Crippen LogP contribution in [0.3, 0.4) is 0 Å². The molecule has 0 amide bonds. The highest BCUT2D eigenvalue weighted by atomic mass is 32.1. The molecule has 0 spiro atoms. The molecule has 2 aromatic carbocycles. The van der Waals surface area contributed by atoms with Crippen LogP contribution in [-0.2, 0) is 6.54 Å². The fourth-order valence-electron chi connectivity index (χ4n) is 2.00. The average molecular weight is 302 g/mol. The summed E-state index contributed by atoms with van der Waals surface area (Å²) in [5.74, 6) is -0.231. The topological polar surface area (TPSA) is 24.1 Å². The summed E-state index contributed by atoms with van der Waals surface area (Å²) in [7, 11) is 0. The number of anilines is 1. The van der Waals surface area contributed by atoms with Gasteiger partial charge < -0.3 is 10.6 Å². The molecule has 0 aliphatic carbocycles. The van der Waals surface area contributed by atoms with Gasteiger partial charge in [-0.15, -0.1) is 0 Å². The van der Waals surface area contributed by atoms with E-state index in [4.69, 9.17) is 12.2 Å². The monoisotopic (exact) mass is 302 g/mol. The molecular weight excluding hydrogens is 283 g/mol. The van der Waals surface area contributed by atoms with Crippen LogP contribution in [0.5, 0.6) is 0 Å². The first-order chi connectivity index (χ1) is 9.95. The van der Waals surface area contributed by atoms with E-state index in [9.17, 15) is 4.39 Å². The van der Waals surface area contributed by atoms with Gasteiger partial charge in [0.1, 0.15) is 5.82 Å². The van der Waals surface area contributed by atoms with Crippen molar-refractivity contribution in [3.63, 3.8) is 0 Å². The second-order valence-electron chi connectivity index (χ2n) is 5.18. The Morgan fingerprint density at radius 3 is 2.43 bits per heavy atom. The highest BCUT2D eigenvalue weighted by Crippen LogP contribution is 2.14. The summed E-state index contributed by atoms with van der Waals surface area (Å²) in [4.78, 5) is 0. The largest absolute Gasteiger partial charge is 0.358 e. The molecule has 0 atom stereocenters. The van der Waals surface area contributed by atoms with E-state index in [0.717, 1.165) is 16.8 Å². The summed E-state index contributed by atoms with van der Waals surface area (Å²) >= 11 is 5.27. The van der Waals surface area contributed by atoms with Gasteiger partial charge in [-0.1, -0.05) is 12.1 Å². The molecule has 2 nitrogen and oxygen atoms in total. The minimum Gasteiger partial charge on any atom is -0.358 e. The van der Waals surface area contributed by atoms with E-state index in [1.54, 1.807) is 6.07 Å². The summed E-state index contributed by atoms with van der Waals surface area (Å²) in [6, 6.07) is 10.9. The van der Waals surface area contributed by atoms with Crippen molar-refractivity contribution < 1.29 is 4.39 Å². The fraction of sp³-hybridized carbons (Fsp3) is 0.235. The second kappa shape index (κ2) is 6.68. The molecule has 0 saturated heterocycles. The van der Waals surface area contributed by atoms with E-state index in [0.29, 0.717) is 11.7 Å². The van der Waals surface area contributed by atoms with Crippen molar-refractivity contribution in [2.24, 2.45) is 0 Å². The minimum absolute atomic E-state index is 0.231. The van der Waals surface area contributed by atoms with Crippen molar-refractivity contribution >= 4 is 23.0 Å². The van der Waals surface area contributed by atoms with Crippen molar-refractivity contribution in [1.29, 1.82) is 0 Å². The van der Waals surface area contributed by atoms with Crippen LogP contribution in [0.4, 0.5) is 10.1 Å². The third-order valence-corrected chi connectivity index (χ3v) is 3.76. The molecule has 0 fully saturated rings. The molecule has 0 aromatic heterocycles. The number of rotatable bonds is 3. The van der Waals surface area contributed by atoms with Crippen LogP contribution < -0.4 is 10.6 Å². The van der Waals surface area contributed by atoms with Crippen LogP contribution in [0, 0.1) is 26.6 Å². The molecule has 2 aromatic rings. The number of nitrogens with one attached hydrogen (secondary N) is 2. The molecule has 0 bridgehead atoms. The molecule has 0 aliphatic heterocycles. The Morgan fingerprint density at radius 2 is 1.71 bits per heavy atom. The van der Waals surface area contributed by atoms with Crippen LogP contribution in [0.15, 0.2) is 36.4 Å². The number of thiocarbonyl (C=S) groups is 1. The van der Waals surface area contributed by atoms with Crippen LogP contribution in [-0.4, -0.2) is 5.11 Å². The van der Waals surface area contributed by atoms with Gasteiger partial charge in [-0.2, -0.15) is 0 Å². The summed E-state index contributed by atoms with van der Waals surface area (Å²) in [6.45, 7) is 6.59. The molecule has 2 rings (SSSR count). The molecule has 0 saturated carbocycles. The zero-order chi connectivity index (χ0) is 15.4. The zero-order valence-corrected chi connectivity index (χ0v) is 13.3. The lowest BCUT2D eigenvalue weighted by molar-refractivity contribution is 0.624. The van der Waals surface area contributed by atoms with Crippen LogP contribution >= 0.6 is 12.2 Å². The van der Waals surface area contributed by atoms with Crippen molar-refractivity contribution in [1.82, 2.24) is 5.32 Å². The molecular formula is C17H19FN2S. The number of benzene rings is 2. The van der Waals surface area contributed by atoms with Crippen LogP contribution in [0.2, 0.25) is 0 Å². The third kappa shape index (κ3) is 4.26. The first-order valence-corrected chi connectivity index (χ1v) is 7.23. The molecule has 21 heavy (non-hydrogen) atoms. The summed E-state index contributed by atoms with van der Waals surface area (Å²) in [6.07, 6.45) is 0. The number of aryl methyl sites for hydroxylation is 3. The van der Waals surface area contributed by atoms with Gasteiger partial charge in [0.15, 0.2) is 5.11 Å². The van der Waals surface area contributed by atoms with Crippen LogP contribution in [0.1, 0.15) is 22.3 Å². The number of hydrogen-bond donors (Lipinski definition) is 2. The van der Waals surface area contributed by atoms with Gasteiger partial charge in [0.2, 0.25) is 0 Å². The minimum atomic E-state index is -0.231. The van der Waals surface area contributed by atoms with Gasteiger partial charge >= 0.3 is 0 Å². The molecule has 110 valence electrons. The number of halogens is 1. The van der Waals surface area contributed by atoms with Crippen molar-refractivity contribution in [3.05, 3.63) is 64.5 Å². The van der Waals surface area contributed by atoms with Crippen LogP contribution in [0.25, 0.3) is 0 Å². The molecule has 0 unspecified atom stereocenters. The highest BCUT2D eigenvalue weighted by molar-refractivity contribution is 7.80. The maximum Gasteiger partial charge on any atom is 0.171 e. The third-order valence-electron chi connectivity index (χ3n) is 3.52. The molecule has 0 aliphatic rings. The summed E-state index contributed by atoms with van der Waals surface area (Å²) < 4.78 is 13.2. The van der Waals surface area contributed by atoms with E-state index >= 15 is 0 Å². The maximum absolute atomic E-state index is 13.2. The van der Waals surface area contributed by atoms with E-state index in [2.05, 4.69) is 36.6 Å². The lowest BCUT2D eigenvalue weighted by atomic mass is 10.1. The first-order valence-electron chi connectivity index (χ1n) is 6.83. The Labute approximate surface area is 130 Å². The first kappa shape index (κ1) is 15.4. The Balaban J connectivity index is 1.95. The average Bonchev–Trinajstić information content (AvgIpc) is 2.44. The lowest BCUT2D eigenvalue weighted by Gasteiger charge is -2.13. The SMILES string of the molecule is Cc1ccc(NC(=S)NCc2cc(F)ccc2C)cc1C. The Morgan fingerprint density at radius 1 is 1.00 bits per heavy atom. The van der Waals surface area contributed by atoms with Gasteiger partial charge in [0.05, 0.1) is 0 Å². The normalized spacial score (nSPS) is 10.3. The summed E-state index contributed by atoms with van der Waals surface area (Å²) in [5.41, 5.74) is 5.35. The van der Waals surface area contributed by atoms with E-state index < -0.39 is 0 Å². The Bertz CT molecular complexity index is 668. The predicted octanol–water partition coefficient (Wildman–Crippen LogP) is 4.24. The highest BCUT2D eigenvalue weighted by Gasteiger charge is 2.03. The standard InChI is InChI=1S/C17H19FN2S/c1-11-5-7-16(8-13(11)3)20-17(21)19-10-14-9-15(18)6-4-12(14)2/h4-9H,10H2,1-3H3,(H2,19,20,21). The molecule has 2 N–H and O–H groups in total. The van der Waals surface area contributed by atoms with Crippen molar-refractivity contribution in [2.75, 3.05) is 5.32 Å². The van der Waals surface area contributed by atoms with E-state index in [1.807, 2.05) is 13.0 Å². The molecule has 4 heteroatoms. The van der Waals surface area contributed by atoms with E-state index in [-0.39, 0.29) is 5.82 Å². The fourth-order valence-corrected chi connectivity index (χ4v) is 2.19. The Kier molecular flexibility index (Phi) is 4.91. The van der Waals surface area contributed by atoms with Gasteiger partial charge in [0, 0.05) is 12.2 Å². The summed E-state index contributed by atoms with van der Waals surface area (Å²) in [5, 5.41) is 6.77. The maximum atomic E-state index is 13.2. The van der Waals surface area contributed by atoms with Gasteiger partial charge in [-0.05, 0) is 79.5 Å². The van der Waals surface area contributed by atoms with Gasteiger partial charge in [0.25, 0.3) is 0 Å². The van der Waals surface area contributed by atoms with Crippen molar-refractivity contribution in [3.8, 4) is 0 Å². The van der Waals surface area contributed by atoms with E-state index in [1.165, 1.54) is 23.3 Å². The quantitative estimate of drug-likeness (QED) is 0.829.